The largest absolute Gasteiger partial charge is 0.492 e. The number of benzene rings is 1. The average Bonchev–Trinajstić information content (AvgIpc) is 3.09. The van der Waals surface area contributed by atoms with Crippen LogP contribution in [0.5, 0.6) is 5.88 Å². The van der Waals surface area contributed by atoms with Crippen LogP contribution in [-0.4, -0.2) is 44.0 Å². The van der Waals surface area contributed by atoms with E-state index in [1.165, 1.54) is 31.9 Å². The van der Waals surface area contributed by atoms with Crippen LogP contribution in [0.15, 0.2) is 24.3 Å². The zero-order chi connectivity index (χ0) is 17.6. The van der Waals surface area contributed by atoms with Gasteiger partial charge in [-0.25, -0.2) is 4.98 Å². The Morgan fingerprint density at radius 3 is 2.52 bits per heavy atom. The summed E-state index contributed by atoms with van der Waals surface area (Å²) in [4.78, 5) is 7.38. The minimum absolute atomic E-state index is 0.0295. The van der Waals surface area contributed by atoms with E-state index in [9.17, 15) is 10.2 Å². The van der Waals surface area contributed by atoms with E-state index in [1.54, 1.807) is 0 Å². The maximum atomic E-state index is 10.8. The quantitative estimate of drug-likeness (QED) is 0.658. The predicted octanol–water partition coefficient (Wildman–Crippen LogP) is 1.24. The number of aromatic hydroxyl groups is 1. The number of quaternary nitrogens is 1. The fourth-order valence-electron chi connectivity index (χ4n) is 3.63. The van der Waals surface area contributed by atoms with Crippen molar-refractivity contribution in [1.29, 1.82) is 0 Å². The molecule has 0 unspecified atom stereocenters. The van der Waals surface area contributed by atoms with E-state index >= 15 is 0 Å². The van der Waals surface area contributed by atoms with Gasteiger partial charge >= 0.3 is 0 Å². The molecule has 3 N–H and O–H groups in total. The van der Waals surface area contributed by atoms with E-state index in [0.29, 0.717) is 5.82 Å². The standard InChI is InChI=1S/C18H22N4O2S/c1-11-3-5-13(6-4-11)15(21-9-7-14(23)8-10-21)16-17(24)22-18(25-16)19-12(2)20-22/h3-6,14-15,23-24H,7-10H2,1-2H3/p+1/t15-/m1/s1. The van der Waals surface area contributed by atoms with E-state index in [1.807, 2.05) is 6.92 Å². The van der Waals surface area contributed by atoms with Crippen molar-refractivity contribution in [3.05, 3.63) is 46.1 Å². The molecule has 0 radical (unpaired) electrons. The minimum Gasteiger partial charge on any atom is -0.492 e. The molecule has 1 aliphatic rings. The Labute approximate surface area is 150 Å². The van der Waals surface area contributed by atoms with Gasteiger partial charge in [0.1, 0.15) is 10.7 Å². The summed E-state index contributed by atoms with van der Waals surface area (Å²) < 4.78 is 1.54. The molecule has 1 saturated heterocycles. The lowest BCUT2D eigenvalue weighted by Gasteiger charge is -2.33. The van der Waals surface area contributed by atoms with E-state index in [0.717, 1.165) is 35.8 Å². The molecule has 6 nitrogen and oxygen atoms in total. The summed E-state index contributed by atoms with van der Waals surface area (Å²) in [5.74, 6) is 0.846. The van der Waals surface area contributed by atoms with Gasteiger partial charge in [-0.15, -0.1) is 5.10 Å². The molecule has 3 heterocycles. The monoisotopic (exact) mass is 359 g/mol. The van der Waals surface area contributed by atoms with Crippen LogP contribution in [0.1, 0.15) is 40.7 Å². The fraction of sp³-hybridized carbons (Fsp3) is 0.444. The average molecular weight is 359 g/mol. The van der Waals surface area contributed by atoms with Gasteiger partial charge in [-0.05, 0) is 13.8 Å². The van der Waals surface area contributed by atoms with Crippen molar-refractivity contribution in [1.82, 2.24) is 14.6 Å². The molecule has 4 rings (SSSR count). The van der Waals surface area contributed by atoms with E-state index in [2.05, 4.69) is 41.3 Å². The van der Waals surface area contributed by atoms with Crippen LogP contribution in [0.3, 0.4) is 0 Å². The van der Waals surface area contributed by atoms with Gasteiger partial charge in [-0.1, -0.05) is 41.2 Å². The Hall–Kier alpha value is -1.96. The number of likely N-dealkylation sites (tertiary alicyclic amines) is 1. The van der Waals surface area contributed by atoms with Gasteiger partial charge in [-0.2, -0.15) is 4.52 Å². The Balaban J connectivity index is 1.79. The lowest BCUT2D eigenvalue weighted by atomic mass is 9.98. The molecule has 1 fully saturated rings. The second-order valence-electron chi connectivity index (χ2n) is 6.88. The molecule has 25 heavy (non-hydrogen) atoms. The molecule has 1 aromatic carbocycles. The highest BCUT2D eigenvalue weighted by Gasteiger charge is 2.35. The number of aliphatic hydroxyl groups excluding tert-OH is 1. The zero-order valence-corrected chi connectivity index (χ0v) is 15.3. The summed E-state index contributed by atoms with van der Waals surface area (Å²) in [5, 5.41) is 24.9. The van der Waals surface area contributed by atoms with Crippen molar-refractivity contribution < 1.29 is 15.1 Å². The predicted molar refractivity (Wildman–Crippen MR) is 96.2 cm³/mol. The summed E-state index contributed by atoms with van der Waals surface area (Å²) in [6, 6.07) is 8.52. The highest BCUT2D eigenvalue weighted by Crippen LogP contribution is 2.35. The molecule has 132 valence electrons. The van der Waals surface area contributed by atoms with Gasteiger partial charge < -0.3 is 15.1 Å². The maximum Gasteiger partial charge on any atom is 0.235 e. The number of rotatable bonds is 3. The summed E-state index contributed by atoms with van der Waals surface area (Å²) in [6.45, 7) is 5.66. The SMILES string of the molecule is Cc1ccc([C@H](c2sc3nc(C)nn3c2O)[NH+]2CCC(O)CC2)cc1. The second kappa shape index (κ2) is 6.40. The number of piperidine rings is 1. The first-order valence-corrected chi connectivity index (χ1v) is 9.49. The molecular weight excluding hydrogens is 336 g/mol. The number of aromatic nitrogens is 3. The van der Waals surface area contributed by atoms with Gasteiger partial charge in [0.25, 0.3) is 0 Å². The molecular formula is C18H23N4O2S+. The van der Waals surface area contributed by atoms with Crippen LogP contribution in [-0.2, 0) is 0 Å². The fourth-order valence-corrected chi connectivity index (χ4v) is 4.82. The number of hydrogen-bond acceptors (Lipinski definition) is 5. The molecule has 0 amide bonds. The van der Waals surface area contributed by atoms with Crippen molar-refractivity contribution in [2.75, 3.05) is 13.1 Å². The molecule has 0 saturated carbocycles. The summed E-state index contributed by atoms with van der Waals surface area (Å²) in [6.07, 6.45) is 1.37. The first-order valence-electron chi connectivity index (χ1n) is 8.67. The number of hydrogen-bond donors (Lipinski definition) is 3. The first kappa shape index (κ1) is 16.5. The minimum atomic E-state index is -0.207. The van der Waals surface area contributed by atoms with E-state index in [4.69, 9.17) is 0 Å². The molecule has 2 aromatic heterocycles. The van der Waals surface area contributed by atoms with Gasteiger partial charge in [0.05, 0.1) is 19.2 Å². The van der Waals surface area contributed by atoms with Gasteiger partial charge in [0.2, 0.25) is 10.8 Å². The highest BCUT2D eigenvalue weighted by molar-refractivity contribution is 7.17. The molecule has 0 bridgehead atoms. The molecule has 0 spiro atoms. The normalized spacial score (nSPS) is 22.4. The third kappa shape index (κ3) is 3.03. The van der Waals surface area contributed by atoms with Crippen LogP contribution in [0, 0.1) is 13.8 Å². The van der Waals surface area contributed by atoms with Crippen LogP contribution >= 0.6 is 11.3 Å². The zero-order valence-electron chi connectivity index (χ0n) is 14.4. The molecule has 0 aliphatic carbocycles. The second-order valence-corrected chi connectivity index (χ2v) is 7.89. The Bertz CT molecular complexity index is 879. The number of fused-ring (bicyclic) bond motifs is 1. The number of nitrogens with one attached hydrogen (secondary N) is 1. The third-order valence-electron chi connectivity index (χ3n) is 4.98. The summed E-state index contributed by atoms with van der Waals surface area (Å²) >= 11 is 1.50. The molecule has 3 aromatic rings. The summed E-state index contributed by atoms with van der Waals surface area (Å²) in [5.41, 5.74) is 2.39. The Morgan fingerprint density at radius 1 is 1.20 bits per heavy atom. The van der Waals surface area contributed by atoms with Gasteiger partial charge in [-0.3, -0.25) is 0 Å². The van der Waals surface area contributed by atoms with Gasteiger partial charge in [0, 0.05) is 18.4 Å². The van der Waals surface area contributed by atoms with Crippen molar-refractivity contribution in [2.24, 2.45) is 0 Å². The van der Waals surface area contributed by atoms with Crippen molar-refractivity contribution in [3.63, 3.8) is 0 Å². The van der Waals surface area contributed by atoms with Crippen LogP contribution in [0.25, 0.3) is 4.96 Å². The number of thiazole rings is 1. The lowest BCUT2D eigenvalue weighted by Crippen LogP contribution is -3.13. The van der Waals surface area contributed by atoms with E-state index < -0.39 is 0 Å². The third-order valence-corrected chi connectivity index (χ3v) is 6.07. The molecule has 1 aliphatic heterocycles. The highest BCUT2D eigenvalue weighted by atomic mass is 32.1. The first-order chi connectivity index (χ1) is 12.0. The smallest absolute Gasteiger partial charge is 0.235 e. The topological polar surface area (TPSA) is 75.1 Å². The van der Waals surface area contributed by atoms with Crippen molar-refractivity contribution in [2.45, 2.75) is 38.8 Å². The van der Waals surface area contributed by atoms with Crippen LogP contribution < -0.4 is 4.90 Å². The molecule has 7 heteroatoms. The number of aryl methyl sites for hydroxylation is 2. The van der Waals surface area contributed by atoms with E-state index in [-0.39, 0.29) is 18.0 Å². The Kier molecular flexibility index (Phi) is 4.23. The van der Waals surface area contributed by atoms with Crippen LogP contribution in [0.2, 0.25) is 0 Å². The molecule has 1 atom stereocenters. The van der Waals surface area contributed by atoms with Crippen LogP contribution in [0.4, 0.5) is 0 Å². The number of nitrogens with zero attached hydrogens (tertiary/aromatic N) is 3. The maximum absolute atomic E-state index is 10.8. The van der Waals surface area contributed by atoms with Crippen molar-refractivity contribution >= 4 is 16.3 Å². The number of aliphatic hydroxyl groups is 1. The van der Waals surface area contributed by atoms with Crippen molar-refractivity contribution in [3.8, 4) is 5.88 Å². The summed E-state index contributed by atoms with van der Waals surface area (Å²) in [7, 11) is 0. The van der Waals surface area contributed by atoms with Gasteiger partial charge in [0.15, 0.2) is 6.04 Å². The lowest BCUT2D eigenvalue weighted by molar-refractivity contribution is -0.931. The Morgan fingerprint density at radius 2 is 1.88 bits per heavy atom.